The van der Waals surface area contributed by atoms with Crippen LogP contribution in [0.3, 0.4) is 0 Å². The molecule has 0 saturated heterocycles. The molecule has 0 fully saturated rings. The third kappa shape index (κ3) is 3.66. The van der Waals surface area contributed by atoms with Crippen LogP contribution in [0.25, 0.3) is 10.8 Å². The van der Waals surface area contributed by atoms with E-state index < -0.39 is 23.5 Å². The number of rotatable bonds is 3. The first-order valence-electron chi connectivity index (χ1n) is 10.6. The summed E-state index contributed by atoms with van der Waals surface area (Å²) in [6.07, 6.45) is 3.83. The van der Waals surface area contributed by atoms with Crippen molar-refractivity contribution in [3.05, 3.63) is 125 Å². The number of nitrogens with one attached hydrogen (secondary N) is 1. The predicted molar refractivity (Wildman–Crippen MR) is 127 cm³/mol. The van der Waals surface area contributed by atoms with Crippen LogP contribution < -0.4 is 9.88 Å². The first kappa shape index (κ1) is 21.2. The Hall–Kier alpha value is -3.66. The van der Waals surface area contributed by atoms with Crippen molar-refractivity contribution in [1.82, 2.24) is 5.32 Å². The number of aliphatic hydroxyl groups is 1. The molecule has 0 amide bonds. The van der Waals surface area contributed by atoms with Crippen molar-refractivity contribution in [3.63, 3.8) is 0 Å². The number of fused-ring (bicyclic) bond motifs is 1. The molecule has 4 nitrogen and oxygen atoms in total. The van der Waals surface area contributed by atoms with Crippen LogP contribution in [0.2, 0.25) is 0 Å². The summed E-state index contributed by atoms with van der Waals surface area (Å²) in [5, 5.41) is 27.6. The smallest absolute Gasteiger partial charge is 0.227 e. The predicted octanol–water partition coefficient (Wildman–Crippen LogP) is 4.70. The molecular formula is C27H21FN3OS+. The second-order valence-corrected chi connectivity index (χ2v) is 8.58. The van der Waals surface area contributed by atoms with E-state index in [9.17, 15) is 14.8 Å². The molecule has 0 unspecified atom stereocenters. The number of thiol groups is 1. The van der Waals surface area contributed by atoms with Crippen molar-refractivity contribution in [2.45, 2.75) is 17.7 Å². The van der Waals surface area contributed by atoms with E-state index >= 15 is 0 Å². The van der Waals surface area contributed by atoms with Crippen LogP contribution in [0.15, 0.2) is 108 Å². The van der Waals surface area contributed by atoms with Crippen LogP contribution in [-0.4, -0.2) is 5.11 Å². The summed E-state index contributed by atoms with van der Waals surface area (Å²) >= 11 is 4.53. The van der Waals surface area contributed by atoms with Gasteiger partial charge < -0.3 is 10.4 Å². The van der Waals surface area contributed by atoms with Crippen LogP contribution in [0, 0.1) is 17.1 Å². The lowest BCUT2D eigenvalue weighted by Crippen LogP contribution is -2.62. The van der Waals surface area contributed by atoms with Gasteiger partial charge in [-0.2, -0.15) is 9.83 Å². The van der Waals surface area contributed by atoms with Gasteiger partial charge in [-0.05, 0) is 29.1 Å². The molecule has 4 aromatic rings. The van der Waals surface area contributed by atoms with Gasteiger partial charge in [-0.1, -0.05) is 60.7 Å². The Labute approximate surface area is 196 Å². The molecule has 2 heterocycles. The zero-order valence-corrected chi connectivity index (χ0v) is 18.5. The standard InChI is InChI=1S/C27H20FN3OS/c28-22-12-6-9-19(15-22)24-23(16-29)26(33)30-27(32,21-10-2-1-3-11-21)25(24)31-14-13-18-7-4-5-8-20(18)17-31/h1-15,17,24-25,30,32H/p+1/t24-,25-,27-/m0/s1. The van der Waals surface area contributed by atoms with Gasteiger partial charge in [0.2, 0.25) is 11.8 Å². The van der Waals surface area contributed by atoms with Gasteiger partial charge in [0.05, 0.1) is 22.6 Å². The van der Waals surface area contributed by atoms with Gasteiger partial charge in [0.1, 0.15) is 5.82 Å². The molecule has 1 aromatic heterocycles. The maximum Gasteiger partial charge on any atom is 0.227 e. The second kappa shape index (κ2) is 8.36. The molecule has 3 atom stereocenters. The molecule has 5 rings (SSSR count). The third-order valence-corrected chi connectivity index (χ3v) is 6.55. The van der Waals surface area contributed by atoms with E-state index in [2.05, 4.69) is 24.0 Å². The maximum atomic E-state index is 14.3. The van der Waals surface area contributed by atoms with Crippen molar-refractivity contribution in [2.24, 2.45) is 0 Å². The Bertz CT molecular complexity index is 1420. The number of benzene rings is 3. The summed E-state index contributed by atoms with van der Waals surface area (Å²) in [5.74, 6) is -1.06. The number of allylic oxidation sites excluding steroid dienone is 1. The first-order chi connectivity index (χ1) is 16.0. The zero-order chi connectivity index (χ0) is 23.0. The Balaban J connectivity index is 1.81. The minimum atomic E-state index is -1.62. The summed E-state index contributed by atoms with van der Waals surface area (Å²) in [7, 11) is 0. The lowest BCUT2D eigenvalue weighted by atomic mass is 9.75. The highest BCUT2D eigenvalue weighted by Gasteiger charge is 2.55. The summed E-state index contributed by atoms with van der Waals surface area (Å²) in [5.41, 5.74) is -0.0987. The van der Waals surface area contributed by atoms with Gasteiger partial charge in [0, 0.05) is 17.0 Å². The Morgan fingerprint density at radius 2 is 1.70 bits per heavy atom. The Morgan fingerprint density at radius 1 is 0.970 bits per heavy atom. The lowest BCUT2D eigenvalue weighted by molar-refractivity contribution is -0.742. The van der Waals surface area contributed by atoms with E-state index in [1.807, 2.05) is 77.6 Å². The third-order valence-electron chi connectivity index (χ3n) is 6.19. The van der Waals surface area contributed by atoms with Gasteiger partial charge >= 0.3 is 0 Å². The fourth-order valence-corrected chi connectivity index (χ4v) is 5.05. The van der Waals surface area contributed by atoms with Crippen LogP contribution in [0.4, 0.5) is 4.39 Å². The van der Waals surface area contributed by atoms with E-state index in [0.29, 0.717) is 16.7 Å². The average molecular weight is 455 g/mol. The van der Waals surface area contributed by atoms with Crippen LogP contribution in [0.5, 0.6) is 0 Å². The van der Waals surface area contributed by atoms with Gasteiger partial charge in [-0.25, -0.2) is 4.39 Å². The number of hydrogen-bond acceptors (Lipinski definition) is 4. The summed E-state index contributed by atoms with van der Waals surface area (Å²) < 4.78 is 16.2. The molecule has 33 heavy (non-hydrogen) atoms. The van der Waals surface area contributed by atoms with Crippen molar-refractivity contribution in [3.8, 4) is 6.07 Å². The fourth-order valence-electron chi connectivity index (χ4n) is 4.69. The largest absolute Gasteiger partial charge is 0.362 e. The quantitative estimate of drug-likeness (QED) is 0.311. The van der Waals surface area contributed by atoms with Gasteiger partial charge in [-0.3, -0.25) is 0 Å². The number of nitrogens with zero attached hydrogens (tertiary/aromatic N) is 2. The van der Waals surface area contributed by atoms with E-state index in [4.69, 9.17) is 0 Å². The highest BCUT2D eigenvalue weighted by atomic mass is 32.1. The topological polar surface area (TPSA) is 59.9 Å². The van der Waals surface area contributed by atoms with Crippen LogP contribution >= 0.6 is 12.6 Å². The van der Waals surface area contributed by atoms with Crippen LogP contribution in [-0.2, 0) is 5.72 Å². The number of halogens is 1. The van der Waals surface area contributed by atoms with Crippen molar-refractivity contribution < 1.29 is 14.1 Å². The lowest BCUT2D eigenvalue weighted by Gasteiger charge is -2.42. The summed E-state index contributed by atoms with van der Waals surface area (Å²) in [6.45, 7) is 0. The molecule has 1 aliphatic heterocycles. The van der Waals surface area contributed by atoms with E-state index in [1.54, 1.807) is 12.1 Å². The zero-order valence-electron chi connectivity index (χ0n) is 17.6. The van der Waals surface area contributed by atoms with Crippen molar-refractivity contribution >= 4 is 23.4 Å². The highest BCUT2D eigenvalue weighted by molar-refractivity contribution is 7.84. The molecule has 0 bridgehead atoms. The molecule has 0 saturated carbocycles. The minimum Gasteiger partial charge on any atom is -0.362 e. The molecule has 0 spiro atoms. The van der Waals surface area contributed by atoms with E-state index in [1.165, 1.54) is 12.1 Å². The molecule has 2 N–H and O–H groups in total. The number of nitriles is 1. The number of hydrogen-bond donors (Lipinski definition) is 3. The maximum absolute atomic E-state index is 14.3. The normalized spacial score (nSPS) is 22.6. The first-order valence-corrected chi connectivity index (χ1v) is 11.0. The molecular weight excluding hydrogens is 433 g/mol. The molecule has 162 valence electrons. The van der Waals surface area contributed by atoms with E-state index in [0.717, 1.165) is 10.8 Å². The second-order valence-electron chi connectivity index (χ2n) is 8.13. The molecule has 3 aromatic carbocycles. The number of pyridine rings is 1. The molecule has 6 heteroatoms. The monoisotopic (exact) mass is 454 g/mol. The summed E-state index contributed by atoms with van der Waals surface area (Å²) in [4.78, 5) is 0. The van der Waals surface area contributed by atoms with Crippen LogP contribution in [0.1, 0.15) is 23.1 Å². The van der Waals surface area contributed by atoms with Crippen molar-refractivity contribution in [1.29, 1.82) is 5.26 Å². The Kier molecular flexibility index (Phi) is 5.37. The fraction of sp³-hybridized carbons (Fsp3) is 0.111. The average Bonchev–Trinajstić information content (AvgIpc) is 2.84. The summed E-state index contributed by atoms with van der Waals surface area (Å²) in [6, 6.07) is 26.8. The van der Waals surface area contributed by atoms with Gasteiger partial charge in [0.15, 0.2) is 12.4 Å². The molecule has 0 aliphatic carbocycles. The highest BCUT2D eigenvalue weighted by Crippen LogP contribution is 2.47. The number of aromatic nitrogens is 1. The van der Waals surface area contributed by atoms with Gasteiger partial charge in [-0.15, -0.1) is 12.6 Å². The van der Waals surface area contributed by atoms with Gasteiger partial charge in [0.25, 0.3) is 0 Å². The Morgan fingerprint density at radius 3 is 2.42 bits per heavy atom. The van der Waals surface area contributed by atoms with Crippen molar-refractivity contribution in [2.75, 3.05) is 0 Å². The molecule has 1 aliphatic rings. The van der Waals surface area contributed by atoms with E-state index in [-0.39, 0.29) is 5.03 Å². The minimum absolute atomic E-state index is 0.260. The SMILES string of the molecule is N#CC1=C(S)N[C@](O)(c2ccccc2)[C@@H]([n+]2ccc3ccccc3c2)[C@H]1c1cccc(F)c1. The molecule has 0 radical (unpaired) electrons.